The summed E-state index contributed by atoms with van der Waals surface area (Å²) in [5.41, 5.74) is 5.13. The fourth-order valence-electron chi connectivity index (χ4n) is 8.88. The number of rotatable bonds is 17. The summed E-state index contributed by atoms with van der Waals surface area (Å²) in [6, 6.07) is 36.4. The van der Waals surface area contributed by atoms with Gasteiger partial charge in [0.25, 0.3) is 0 Å². The van der Waals surface area contributed by atoms with Gasteiger partial charge in [0.2, 0.25) is 0 Å². The summed E-state index contributed by atoms with van der Waals surface area (Å²) < 4.78 is 35.1. The molecular formula is C44H52B3N5O7. The van der Waals surface area contributed by atoms with Gasteiger partial charge in [0, 0.05) is 25.1 Å². The zero-order valence-electron chi connectivity index (χ0n) is 34.1. The summed E-state index contributed by atoms with van der Waals surface area (Å²) in [4.78, 5) is 19.7. The van der Waals surface area contributed by atoms with Crippen molar-refractivity contribution in [1.29, 1.82) is 0 Å². The van der Waals surface area contributed by atoms with E-state index in [0.29, 0.717) is 58.0 Å². The lowest BCUT2D eigenvalue weighted by Crippen LogP contribution is -2.52. The molecule has 0 bridgehead atoms. The zero-order chi connectivity index (χ0) is 40.5. The van der Waals surface area contributed by atoms with Crippen molar-refractivity contribution in [2.24, 2.45) is 0 Å². The van der Waals surface area contributed by atoms with Crippen molar-refractivity contribution in [3.63, 3.8) is 0 Å². The second-order valence-electron chi connectivity index (χ2n) is 16.7. The van der Waals surface area contributed by atoms with Gasteiger partial charge in [0.15, 0.2) is 5.79 Å². The Balaban J connectivity index is 1.08. The van der Waals surface area contributed by atoms with Crippen LogP contribution in [-0.4, -0.2) is 108 Å². The number of fused-ring (bicyclic) bond motifs is 2. The van der Waals surface area contributed by atoms with E-state index in [-0.39, 0.29) is 38.3 Å². The van der Waals surface area contributed by atoms with Gasteiger partial charge >= 0.3 is 27.2 Å². The van der Waals surface area contributed by atoms with Gasteiger partial charge in [-0.15, -0.1) is 0 Å². The van der Waals surface area contributed by atoms with Crippen LogP contribution in [0, 0.1) is 0 Å². The number of carbonyl (C=O) groups excluding carboxylic acids is 1. The highest BCUT2D eigenvalue weighted by Gasteiger charge is 2.56. The molecule has 9 rings (SSSR count). The third-order valence-corrected chi connectivity index (χ3v) is 11.8. The molecule has 4 aliphatic rings. The summed E-state index contributed by atoms with van der Waals surface area (Å²) in [6.07, 6.45) is 1.99. The smallest absolute Gasteiger partial charge is 0.431 e. The first-order chi connectivity index (χ1) is 28.7. The van der Waals surface area contributed by atoms with Crippen LogP contribution in [0.25, 0.3) is 10.9 Å². The largest absolute Gasteiger partial charge is 0.431 e. The maximum atomic E-state index is 15.6. The van der Waals surface area contributed by atoms with Gasteiger partial charge in [-0.1, -0.05) is 97.1 Å². The first kappa shape index (κ1) is 39.8. The monoisotopic (exact) mass is 795 g/mol. The summed E-state index contributed by atoms with van der Waals surface area (Å²) >= 11 is 0. The average molecular weight is 795 g/mol. The lowest BCUT2D eigenvalue weighted by atomic mass is 9.76. The van der Waals surface area contributed by atoms with Gasteiger partial charge in [0.1, 0.15) is 18.0 Å². The van der Waals surface area contributed by atoms with E-state index in [0.717, 1.165) is 46.0 Å². The van der Waals surface area contributed by atoms with Crippen molar-refractivity contribution in [2.45, 2.75) is 89.6 Å². The minimum atomic E-state index is -0.856. The minimum Gasteiger partial charge on any atom is -0.431 e. The third-order valence-electron chi connectivity index (χ3n) is 11.8. The van der Waals surface area contributed by atoms with E-state index in [1.54, 1.807) is 11.4 Å². The molecule has 1 aromatic heterocycles. The van der Waals surface area contributed by atoms with Crippen LogP contribution in [0.4, 0.5) is 10.6 Å². The molecule has 0 spiro atoms. The van der Waals surface area contributed by atoms with Crippen molar-refractivity contribution in [2.75, 3.05) is 30.9 Å². The number of hydrogen-bond acceptors (Lipinski definition) is 9. The van der Waals surface area contributed by atoms with Crippen LogP contribution in [0.1, 0.15) is 48.9 Å². The van der Waals surface area contributed by atoms with Crippen molar-refractivity contribution in [3.8, 4) is 0 Å². The predicted octanol–water partition coefficient (Wildman–Crippen LogP) is 5.89. The van der Waals surface area contributed by atoms with Crippen molar-refractivity contribution >= 4 is 43.9 Å². The highest BCUT2D eigenvalue weighted by atomic mass is 16.8. The lowest BCUT2D eigenvalue weighted by Gasteiger charge is -2.37. The van der Waals surface area contributed by atoms with E-state index in [4.69, 9.17) is 28.6 Å². The number of hydrogen-bond donors (Lipinski definition) is 1. The number of ether oxygens (including phenoxy) is 3. The minimum absolute atomic E-state index is 0.0455. The molecule has 15 heteroatoms. The number of anilines is 1. The Labute approximate surface area is 347 Å². The normalized spacial score (nSPS) is 22.1. The summed E-state index contributed by atoms with van der Waals surface area (Å²) in [7, 11) is -1.11. The standard InChI is InChI=1S/C44H52B3N5O7/c1-44(2)58-40-38(26-32-15-7-4-8-16-32)49(23-13-14-24-55-29-34-19-11-6-12-20-34)43(53)50(39(41(40)59-44)27-33-17-9-5-10-18-33)28-35-21-22-37-36(25-35)42(48-52(37)45(3)54)51(46-30-56-46)47-31-57-47/h4-12,15-22,25,38-41,54H,13-14,23-24,26-31H2,1-3H3/t38-,39-,40+,41+/m1/s1. The SMILES string of the molecule is CB(O)n1nc(N(B2CO2)B2CO2)c2cc(CN3C(=O)N(CCCCOCc4ccccc4)[C@H](Cc4ccccc4)[C@@H]4OC(C)(C)O[C@H]4[C@H]3Cc3ccccc3)ccc21. The summed E-state index contributed by atoms with van der Waals surface area (Å²) in [6.45, 7) is 8.86. The van der Waals surface area contributed by atoms with E-state index in [1.165, 1.54) is 0 Å². The molecule has 5 aromatic rings. The van der Waals surface area contributed by atoms with E-state index in [2.05, 4.69) is 64.2 Å². The Hall–Kier alpha value is -4.63. The van der Waals surface area contributed by atoms with Gasteiger partial charge in [-0.3, -0.25) is 4.59 Å². The number of benzene rings is 4. The molecule has 0 saturated carbocycles. The Morgan fingerprint density at radius 1 is 0.797 bits per heavy atom. The number of carbonyl (C=O) groups is 1. The third kappa shape index (κ3) is 8.96. The maximum Gasteiger partial charge on any atom is 0.431 e. The second-order valence-corrected chi connectivity index (χ2v) is 16.7. The number of aromatic nitrogens is 2. The Morgan fingerprint density at radius 2 is 1.36 bits per heavy atom. The number of amides is 2. The zero-order valence-corrected chi connectivity index (χ0v) is 34.1. The van der Waals surface area contributed by atoms with E-state index in [9.17, 15) is 5.02 Å². The predicted molar refractivity (Wildman–Crippen MR) is 230 cm³/mol. The van der Waals surface area contributed by atoms with Crippen LogP contribution in [0.3, 0.4) is 0 Å². The van der Waals surface area contributed by atoms with E-state index >= 15 is 4.79 Å². The van der Waals surface area contributed by atoms with Gasteiger partial charge in [-0.2, -0.15) is 5.10 Å². The van der Waals surface area contributed by atoms with Crippen LogP contribution in [0.5, 0.6) is 0 Å². The molecular weight excluding hydrogens is 743 g/mol. The molecule has 0 radical (unpaired) electrons. The van der Waals surface area contributed by atoms with Gasteiger partial charge in [0.05, 0.1) is 37.2 Å². The summed E-state index contributed by atoms with van der Waals surface area (Å²) in [5.74, 6) is -0.158. The van der Waals surface area contributed by atoms with Crippen molar-refractivity contribution < 1.29 is 33.3 Å². The maximum absolute atomic E-state index is 15.6. The number of urea groups is 1. The van der Waals surface area contributed by atoms with Crippen LogP contribution in [-0.2, 0) is 49.5 Å². The molecule has 304 valence electrons. The topological polar surface area (TPSA) is 118 Å². The number of nitrogens with zero attached hydrogens (tertiary/aromatic N) is 5. The highest BCUT2D eigenvalue weighted by molar-refractivity contribution is 6.84. The quantitative estimate of drug-likeness (QED) is 0.0699. The van der Waals surface area contributed by atoms with Gasteiger partial charge in [-0.05, 0) is 80.7 Å². The van der Waals surface area contributed by atoms with E-state index in [1.807, 2.05) is 73.3 Å². The summed E-state index contributed by atoms with van der Waals surface area (Å²) in [5, 5.41) is 16.5. The van der Waals surface area contributed by atoms with E-state index < -0.39 is 18.9 Å². The van der Waals surface area contributed by atoms with Crippen LogP contribution >= 0.6 is 0 Å². The average Bonchev–Trinajstić information content (AvgIpc) is 4.19. The molecule has 4 saturated heterocycles. The fourth-order valence-corrected chi connectivity index (χ4v) is 8.88. The fraction of sp³-hybridized carbons (Fsp3) is 0.409. The molecule has 4 aromatic carbocycles. The molecule has 59 heavy (non-hydrogen) atoms. The van der Waals surface area contributed by atoms with Crippen LogP contribution in [0.2, 0.25) is 6.82 Å². The molecule has 0 aliphatic carbocycles. The van der Waals surface area contributed by atoms with Crippen molar-refractivity contribution in [1.82, 2.24) is 19.5 Å². The molecule has 1 N–H and O–H groups in total. The van der Waals surface area contributed by atoms with Crippen LogP contribution < -0.4 is 4.72 Å². The van der Waals surface area contributed by atoms with Gasteiger partial charge < -0.3 is 43.1 Å². The molecule has 12 nitrogen and oxygen atoms in total. The number of unbranched alkanes of at least 4 members (excludes halogenated alkanes) is 1. The highest BCUT2D eigenvalue weighted by Crippen LogP contribution is 2.41. The molecule has 4 atom stereocenters. The molecule has 2 amide bonds. The molecule has 5 heterocycles. The first-order valence-corrected chi connectivity index (χ1v) is 21.1. The Morgan fingerprint density at radius 3 is 1.92 bits per heavy atom. The lowest BCUT2D eigenvalue weighted by molar-refractivity contribution is -0.157. The molecule has 0 unspecified atom stereocenters. The Kier molecular flexibility index (Phi) is 11.6. The second kappa shape index (κ2) is 17.2. The first-order valence-electron chi connectivity index (χ1n) is 21.1. The van der Waals surface area contributed by atoms with Gasteiger partial charge in [-0.25, -0.2) is 4.79 Å². The molecule has 4 aliphatic heterocycles. The Bertz CT molecular complexity index is 2180. The molecule has 4 fully saturated rings. The van der Waals surface area contributed by atoms with Crippen LogP contribution in [0.15, 0.2) is 109 Å². The van der Waals surface area contributed by atoms with Crippen molar-refractivity contribution in [3.05, 3.63) is 131 Å².